The molecule has 0 aliphatic carbocycles. The van der Waals surface area contributed by atoms with Crippen LogP contribution in [-0.4, -0.2) is 33.2 Å². The summed E-state index contributed by atoms with van der Waals surface area (Å²) in [6.07, 6.45) is -0.0679. The molecule has 0 heterocycles. The van der Waals surface area contributed by atoms with E-state index in [4.69, 9.17) is 10.5 Å². The Kier molecular flexibility index (Phi) is 6.40. The number of alkyl carbamates (subject to hydrolysis) is 1. The average Bonchev–Trinajstić information content (AvgIpc) is 2.35. The van der Waals surface area contributed by atoms with E-state index in [1.807, 2.05) is 0 Å². The van der Waals surface area contributed by atoms with E-state index in [1.54, 1.807) is 39.8 Å². The van der Waals surface area contributed by atoms with E-state index >= 15 is 0 Å². The van der Waals surface area contributed by atoms with Crippen molar-refractivity contribution >= 4 is 21.8 Å². The van der Waals surface area contributed by atoms with E-state index in [9.17, 15) is 13.2 Å². The van der Waals surface area contributed by atoms with Crippen LogP contribution in [0, 0.1) is 6.92 Å². The van der Waals surface area contributed by atoms with Gasteiger partial charge in [0.2, 0.25) is 10.0 Å². The minimum atomic E-state index is -3.59. The second kappa shape index (κ2) is 7.65. The van der Waals surface area contributed by atoms with Crippen molar-refractivity contribution in [3.63, 3.8) is 0 Å². The lowest BCUT2D eigenvalue weighted by Crippen LogP contribution is -2.34. The molecule has 0 aliphatic heterocycles. The van der Waals surface area contributed by atoms with Crippen LogP contribution in [0.1, 0.15) is 32.8 Å². The average molecular weight is 343 g/mol. The third kappa shape index (κ3) is 6.87. The predicted molar refractivity (Wildman–Crippen MR) is 89.6 cm³/mol. The van der Waals surface area contributed by atoms with Crippen molar-refractivity contribution in [1.82, 2.24) is 10.0 Å². The molecule has 130 valence electrons. The maximum Gasteiger partial charge on any atom is 0.407 e. The number of amides is 1. The van der Waals surface area contributed by atoms with Crippen LogP contribution in [0.4, 0.5) is 10.5 Å². The summed E-state index contributed by atoms with van der Waals surface area (Å²) in [6.45, 7) is 7.54. The zero-order valence-corrected chi connectivity index (χ0v) is 14.8. The van der Waals surface area contributed by atoms with E-state index in [1.165, 1.54) is 6.07 Å². The number of hydrogen-bond acceptors (Lipinski definition) is 5. The summed E-state index contributed by atoms with van der Waals surface area (Å²) in [7, 11) is -3.59. The van der Waals surface area contributed by atoms with Gasteiger partial charge in [0.15, 0.2) is 0 Å². The van der Waals surface area contributed by atoms with Crippen molar-refractivity contribution < 1.29 is 17.9 Å². The zero-order valence-electron chi connectivity index (χ0n) is 14.0. The van der Waals surface area contributed by atoms with Crippen LogP contribution in [0.5, 0.6) is 0 Å². The number of carbonyl (C=O) groups is 1. The van der Waals surface area contributed by atoms with Crippen LogP contribution in [0.2, 0.25) is 0 Å². The van der Waals surface area contributed by atoms with E-state index in [-0.39, 0.29) is 11.4 Å². The zero-order chi connectivity index (χ0) is 17.7. The fraction of sp³-hybridized carbons (Fsp3) is 0.533. The van der Waals surface area contributed by atoms with E-state index < -0.39 is 21.7 Å². The standard InChI is InChI=1S/C15H25N3O4S/c1-11-10-12(16)6-7-13(11)23(20,21)18-9-5-8-17-14(19)22-15(2,3)4/h6-7,10,18H,5,8-9,16H2,1-4H3,(H,17,19). The molecule has 0 saturated carbocycles. The molecule has 7 nitrogen and oxygen atoms in total. The second-order valence-electron chi connectivity index (χ2n) is 6.20. The van der Waals surface area contributed by atoms with Gasteiger partial charge in [0.05, 0.1) is 4.90 Å². The molecule has 1 aromatic rings. The van der Waals surface area contributed by atoms with Gasteiger partial charge in [-0.15, -0.1) is 0 Å². The topological polar surface area (TPSA) is 111 Å². The summed E-state index contributed by atoms with van der Waals surface area (Å²) in [5, 5.41) is 2.57. The number of carbonyl (C=O) groups excluding carboxylic acids is 1. The highest BCUT2D eigenvalue weighted by Crippen LogP contribution is 2.17. The quantitative estimate of drug-likeness (QED) is 0.538. The highest BCUT2D eigenvalue weighted by molar-refractivity contribution is 7.89. The van der Waals surface area contributed by atoms with Crippen LogP contribution in [-0.2, 0) is 14.8 Å². The first-order valence-electron chi connectivity index (χ1n) is 7.34. The highest BCUT2D eigenvalue weighted by Gasteiger charge is 2.17. The van der Waals surface area contributed by atoms with Crippen LogP contribution < -0.4 is 15.8 Å². The number of ether oxygens (including phenoxy) is 1. The highest BCUT2D eigenvalue weighted by atomic mass is 32.2. The van der Waals surface area contributed by atoms with Gasteiger partial charge < -0.3 is 15.8 Å². The molecule has 4 N–H and O–H groups in total. The minimum absolute atomic E-state index is 0.201. The molecule has 0 unspecified atom stereocenters. The van der Waals surface area contributed by atoms with Gasteiger partial charge >= 0.3 is 6.09 Å². The third-order valence-electron chi connectivity index (χ3n) is 2.80. The largest absolute Gasteiger partial charge is 0.444 e. The Labute approximate surface area is 137 Å². The molecule has 0 fully saturated rings. The smallest absolute Gasteiger partial charge is 0.407 e. The summed E-state index contributed by atoms with van der Waals surface area (Å²) >= 11 is 0. The van der Waals surface area contributed by atoms with Crippen molar-refractivity contribution in [2.45, 2.75) is 44.6 Å². The van der Waals surface area contributed by atoms with Crippen molar-refractivity contribution in [2.75, 3.05) is 18.8 Å². The molecule has 1 rings (SSSR count). The summed E-state index contributed by atoms with van der Waals surface area (Å²) in [6, 6.07) is 4.64. The molecular formula is C15H25N3O4S. The van der Waals surface area contributed by atoms with Gasteiger partial charge in [-0.2, -0.15) is 0 Å². The van der Waals surface area contributed by atoms with Crippen molar-refractivity contribution in [3.8, 4) is 0 Å². The van der Waals surface area contributed by atoms with Gasteiger partial charge in [-0.25, -0.2) is 17.9 Å². The summed E-state index contributed by atoms with van der Waals surface area (Å²) < 4.78 is 31.9. The molecule has 1 amide bonds. The van der Waals surface area contributed by atoms with Crippen LogP contribution in [0.15, 0.2) is 23.1 Å². The van der Waals surface area contributed by atoms with Gasteiger partial charge in [-0.3, -0.25) is 0 Å². The fourth-order valence-corrected chi connectivity index (χ4v) is 3.15. The van der Waals surface area contributed by atoms with Crippen molar-refractivity contribution in [3.05, 3.63) is 23.8 Å². The van der Waals surface area contributed by atoms with Gasteiger partial charge in [0.1, 0.15) is 5.60 Å². The van der Waals surface area contributed by atoms with Gasteiger partial charge in [-0.05, 0) is 57.9 Å². The molecule has 8 heteroatoms. The van der Waals surface area contributed by atoms with Crippen molar-refractivity contribution in [2.24, 2.45) is 0 Å². The first-order valence-corrected chi connectivity index (χ1v) is 8.82. The molecular weight excluding hydrogens is 318 g/mol. The lowest BCUT2D eigenvalue weighted by molar-refractivity contribution is 0.0527. The molecule has 0 aromatic heterocycles. The summed E-state index contributed by atoms with van der Waals surface area (Å²) in [5.41, 5.74) is 6.16. The predicted octanol–water partition coefficient (Wildman–Crippen LogP) is 1.77. The molecule has 0 bridgehead atoms. The Balaban J connectivity index is 2.42. The van der Waals surface area contributed by atoms with Gasteiger partial charge in [-0.1, -0.05) is 0 Å². The maximum absolute atomic E-state index is 12.2. The molecule has 0 radical (unpaired) electrons. The van der Waals surface area contributed by atoms with Crippen LogP contribution >= 0.6 is 0 Å². The van der Waals surface area contributed by atoms with Gasteiger partial charge in [0.25, 0.3) is 0 Å². The first-order chi connectivity index (χ1) is 10.5. The summed E-state index contributed by atoms with van der Waals surface area (Å²) in [5.74, 6) is 0. The van der Waals surface area contributed by atoms with E-state index in [0.717, 1.165) is 0 Å². The normalized spacial score (nSPS) is 12.0. The number of sulfonamides is 1. The third-order valence-corrected chi connectivity index (χ3v) is 4.42. The molecule has 0 saturated heterocycles. The SMILES string of the molecule is Cc1cc(N)ccc1S(=O)(=O)NCCCNC(=O)OC(C)(C)C. The number of nitrogens with one attached hydrogen (secondary N) is 2. The number of rotatable bonds is 6. The Bertz CT molecular complexity index is 651. The van der Waals surface area contributed by atoms with Crippen LogP contribution in [0.25, 0.3) is 0 Å². The van der Waals surface area contributed by atoms with E-state index in [0.29, 0.717) is 24.2 Å². The number of benzene rings is 1. The molecule has 0 aliphatic rings. The Morgan fingerprint density at radius 3 is 2.48 bits per heavy atom. The summed E-state index contributed by atoms with van der Waals surface area (Å²) in [4.78, 5) is 11.6. The number of nitrogens with two attached hydrogens (primary N) is 1. The first kappa shape index (κ1) is 19.2. The lowest BCUT2D eigenvalue weighted by Gasteiger charge is -2.19. The number of anilines is 1. The lowest BCUT2D eigenvalue weighted by atomic mass is 10.2. The number of aryl methyl sites for hydroxylation is 1. The Hall–Kier alpha value is -1.80. The maximum atomic E-state index is 12.2. The molecule has 1 aromatic carbocycles. The Morgan fingerprint density at radius 2 is 1.91 bits per heavy atom. The monoisotopic (exact) mass is 343 g/mol. The second-order valence-corrected chi connectivity index (χ2v) is 7.94. The van der Waals surface area contributed by atoms with Gasteiger partial charge in [0, 0.05) is 18.8 Å². The fourth-order valence-electron chi connectivity index (χ4n) is 1.85. The molecule has 0 spiro atoms. The number of nitrogen functional groups attached to an aromatic ring is 1. The van der Waals surface area contributed by atoms with Crippen molar-refractivity contribution in [1.29, 1.82) is 0 Å². The van der Waals surface area contributed by atoms with Crippen LogP contribution in [0.3, 0.4) is 0 Å². The molecule has 23 heavy (non-hydrogen) atoms. The van der Waals surface area contributed by atoms with E-state index in [2.05, 4.69) is 10.0 Å². The number of hydrogen-bond donors (Lipinski definition) is 3. The Morgan fingerprint density at radius 1 is 1.26 bits per heavy atom. The minimum Gasteiger partial charge on any atom is -0.444 e. The molecule has 0 atom stereocenters.